The van der Waals surface area contributed by atoms with Crippen LogP contribution in [0.5, 0.6) is 0 Å². The van der Waals surface area contributed by atoms with E-state index in [4.69, 9.17) is 14.3 Å². The Balaban J connectivity index is 1.96. The topological polar surface area (TPSA) is 115 Å². The van der Waals surface area contributed by atoms with E-state index in [-0.39, 0.29) is 18.1 Å². The molecule has 8 nitrogen and oxygen atoms in total. The molecule has 22 heavy (non-hydrogen) atoms. The van der Waals surface area contributed by atoms with Gasteiger partial charge in [-0.05, 0) is 20.8 Å². The van der Waals surface area contributed by atoms with Gasteiger partial charge in [-0.2, -0.15) is 0 Å². The molecule has 2 N–H and O–H groups in total. The van der Waals surface area contributed by atoms with Crippen LogP contribution in [-0.2, 0) is 11.3 Å². The summed E-state index contributed by atoms with van der Waals surface area (Å²) in [6.07, 6.45) is 0.517. The highest BCUT2D eigenvalue weighted by Gasteiger charge is 2.17. The van der Waals surface area contributed by atoms with Crippen molar-refractivity contribution in [3.8, 4) is 11.6 Å². The van der Waals surface area contributed by atoms with Crippen LogP contribution in [0.15, 0.2) is 16.1 Å². The normalized spacial score (nSPS) is 11.2. The van der Waals surface area contributed by atoms with Crippen molar-refractivity contribution in [1.29, 1.82) is 0 Å². The molecule has 0 saturated carbocycles. The van der Waals surface area contributed by atoms with E-state index in [2.05, 4.69) is 15.3 Å². The summed E-state index contributed by atoms with van der Waals surface area (Å²) in [5, 5.41) is 13.7. The van der Waals surface area contributed by atoms with Crippen molar-refractivity contribution in [1.82, 2.24) is 15.3 Å². The molecule has 2 heterocycles. The molecule has 0 aliphatic rings. The number of rotatable bonds is 4. The predicted molar refractivity (Wildman–Crippen MR) is 77.6 cm³/mol. The molecule has 0 unspecified atom stereocenters. The number of ether oxygens (including phenoxy) is 1. The molecule has 2 aromatic rings. The summed E-state index contributed by atoms with van der Waals surface area (Å²) in [7, 11) is 0. The number of amides is 1. The maximum atomic E-state index is 11.5. The minimum absolute atomic E-state index is 0.122. The van der Waals surface area contributed by atoms with Crippen molar-refractivity contribution in [3.05, 3.63) is 22.3 Å². The number of aromatic nitrogens is 2. The number of alkyl carbamates (subject to hydrolysis) is 1. The Labute approximate surface area is 130 Å². The molecule has 0 saturated heterocycles. The summed E-state index contributed by atoms with van der Waals surface area (Å²) < 4.78 is 10.2. The number of aromatic carboxylic acids is 1. The molecule has 2 rings (SSSR count). The van der Waals surface area contributed by atoms with Crippen LogP contribution >= 0.6 is 11.3 Å². The summed E-state index contributed by atoms with van der Waals surface area (Å²) in [5.41, 5.74) is -0.335. The van der Waals surface area contributed by atoms with Gasteiger partial charge in [-0.25, -0.2) is 19.6 Å². The van der Waals surface area contributed by atoms with E-state index in [1.807, 2.05) is 0 Å². The van der Waals surface area contributed by atoms with E-state index in [0.29, 0.717) is 10.7 Å². The smallest absolute Gasteiger partial charge is 0.408 e. The molecule has 0 radical (unpaired) electrons. The van der Waals surface area contributed by atoms with Crippen LogP contribution in [-0.4, -0.2) is 32.7 Å². The molecule has 2 aromatic heterocycles. The molecule has 0 bridgehead atoms. The van der Waals surface area contributed by atoms with Crippen LogP contribution in [0.2, 0.25) is 0 Å². The maximum absolute atomic E-state index is 11.5. The summed E-state index contributed by atoms with van der Waals surface area (Å²) in [6.45, 7) is 5.52. The second kappa shape index (κ2) is 6.14. The van der Waals surface area contributed by atoms with Crippen molar-refractivity contribution in [3.63, 3.8) is 0 Å². The Hall–Kier alpha value is -2.42. The summed E-state index contributed by atoms with van der Waals surface area (Å²) in [5.74, 6) is -1.05. The van der Waals surface area contributed by atoms with Crippen LogP contribution in [0.25, 0.3) is 11.6 Å². The standard InChI is InChI=1S/C13H15N3O5S/c1-13(2,3)21-12(19)14-4-9-15-8(6-22-9)10-16-7(5-20-10)11(17)18/h5-6H,4H2,1-3H3,(H,14,19)(H,17,18). The molecule has 0 fully saturated rings. The Bertz CT molecular complexity index is 686. The third-order valence-electron chi connectivity index (χ3n) is 2.28. The van der Waals surface area contributed by atoms with Crippen molar-refractivity contribution >= 4 is 23.4 Å². The zero-order valence-corrected chi connectivity index (χ0v) is 13.1. The van der Waals surface area contributed by atoms with Gasteiger partial charge in [-0.15, -0.1) is 11.3 Å². The maximum Gasteiger partial charge on any atom is 0.408 e. The molecule has 9 heteroatoms. The fourth-order valence-electron chi connectivity index (χ4n) is 1.44. The first kappa shape index (κ1) is 16.0. The van der Waals surface area contributed by atoms with Gasteiger partial charge in [-0.3, -0.25) is 0 Å². The first-order chi connectivity index (χ1) is 10.2. The van der Waals surface area contributed by atoms with Gasteiger partial charge in [0.1, 0.15) is 22.6 Å². The van der Waals surface area contributed by atoms with Gasteiger partial charge >= 0.3 is 12.1 Å². The third-order valence-corrected chi connectivity index (χ3v) is 3.13. The Morgan fingerprint density at radius 1 is 1.41 bits per heavy atom. The number of nitrogens with one attached hydrogen (secondary N) is 1. The molecule has 0 atom stereocenters. The fourth-order valence-corrected chi connectivity index (χ4v) is 2.15. The van der Waals surface area contributed by atoms with Gasteiger partial charge in [0.15, 0.2) is 5.69 Å². The van der Waals surface area contributed by atoms with Gasteiger partial charge in [0.25, 0.3) is 0 Å². The zero-order chi connectivity index (χ0) is 16.3. The number of hydrogen-bond donors (Lipinski definition) is 2. The van der Waals surface area contributed by atoms with Crippen molar-refractivity contribution in [2.45, 2.75) is 32.9 Å². The van der Waals surface area contributed by atoms with E-state index in [1.165, 1.54) is 11.3 Å². The number of carboxylic acids is 1. The monoisotopic (exact) mass is 325 g/mol. The molecule has 0 aromatic carbocycles. The van der Waals surface area contributed by atoms with Crippen LogP contribution in [0, 0.1) is 0 Å². The number of thiazole rings is 1. The lowest BCUT2D eigenvalue weighted by Gasteiger charge is -2.19. The second-order valence-corrected chi connectivity index (χ2v) is 6.27. The molecule has 0 aliphatic heterocycles. The number of hydrogen-bond acceptors (Lipinski definition) is 7. The van der Waals surface area contributed by atoms with Crippen LogP contribution in [0.4, 0.5) is 4.79 Å². The summed E-state index contributed by atoms with van der Waals surface area (Å²) in [4.78, 5) is 30.3. The molecule has 1 amide bonds. The highest BCUT2D eigenvalue weighted by Crippen LogP contribution is 2.21. The number of carbonyl (C=O) groups is 2. The minimum Gasteiger partial charge on any atom is -0.476 e. The quantitative estimate of drug-likeness (QED) is 0.887. The highest BCUT2D eigenvalue weighted by atomic mass is 32.1. The Morgan fingerprint density at radius 3 is 2.73 bits per heavy atom. The van der Waals surface area contributed by atoms with Crippen LogP contribution < -0.4 is 5.32 Å². The van der Waals surface area contributed by atoms with E-state index >= 15 is 0 Å². The van der Waals surface area contributed by atoms with Gasteiger partial charge in [-0.1, -0.05) is 0 Å². The van der Waals surface area contributed by atoms with E-state index in [0.717, 1.165) is 6.26 Å². The van der Waals surface area contributed by atoms with E-state index in [9.17, 15) is 9.59 Å². The largest absolute Gasteiger partial charge is 0.476 e. The Kier molecular flexibility index (Phi) is 4.45. The molecular weight excluding hydrogens is 310 g/mol. The molecule has 118 valence electrons. The lowest BCUT2D eigenvalue weighted by molar-refractivity contribution is 0.0523. The van der Waals surface area contributed by atoms with Gasteiger partial charge < -0.3 is 19.6 Å². The lowest BCUT2D eigenvalue weighted by atomic mass is 10.2. The average Bonchev–Trinajstić information content (AvgIpc) is 3.03. The Morgan fingerprint density at radius 2 is 2.14 bits per heavy atom. The van der Waals surface area contributed by atoms with Gasteiger partial charge in [0.05, 0.1) is 6.54 Å². The summed E-state index contributed by atoms with van der Waals surface area (Å²) >= 11 is 1.29. The second-order valence-electron chi connectivity index (χ2n) is 5.32. The predicted octanol–water partition coefficient (Wildman–Crippen LogP) is 2.52. The number of nitrogens with zero attached hydrogens (tertiary/aromatic N) is 2. The third kappa shape index (κ3) is 4.29. The van der Waals surface area contributed by atoms with Gasteiger partial charge in [0.2, 0.25) is 5.89 Å². The van der Waals surface area contributed by atoms with Crippen molar-refractivity contribution in [2.75, 3.05) is 0 Å². The first-order valence-corrected chi connectivity index (χ1v) is 7.23. The summed E-state index contributed by atoms with van der Waals surface area (Å²) in [6, 6.07) is 0. The minimum atomic E-state index is -1.17. The zero-order valence-electron chi connectivity index (χ0n) is 12.2. The molecule has 0 spiro atoms. The van der Waals surface area contributed by atoms with Crippen molar-refractivity contribution in [2.24, 2.45) is 0 Å². The highest BCUT2D eigenvalue weighted by molar-refractivity contribution is 7.09. The van der Waals surface area contributed by atoms with E-state index in [1.54, 1.807) is 26.2 Å². The number of carbonyl (C=O) groups excluding carboxylic acids is 1. The average molecular weight is 325 g/mol. The van der Waals surface area contributed by atoms with Crippen LogP contribution in [0.3, 0.4) is 0 Å². The van der Waals surface area contributed by atoms with Crippen molar-refractivity contribution < 1.29 is 23.8 Å². The van der Waals surface area contributed by atoms with Crippen LogP contribution in [0.1, 0.15) is 36.3 Å². The number of carboxylic acid groups (broad SMARTS) is 1. The lowest BCUT2D eigenvalue weighted by Crippen LogP contribution is -2.32. The molecule has 0 aliphatic carbocycles. The van der Waals surface area contributed by atoms with E-state index < -0.39 is 17.7 Å². The molecular formula is C13H15N3O5S. The number of oxazole rings is 1. The fraction of sp³-hybridized carbons (Fsp3) is 0.385. The van der Waals surface area contributed by atoms with Gasteiger partial charge in [0, 0.05) is 5.38 Å². The SMILES string of the molecule is CC(C)(C)OC(=O)NCc1nc(-c2nc(C(=O)O)co2)cs1. The first-order valence-electron chi connectivity index (χ1n) is 6.35.